The highest BCUT2D eigenvalue weighted by Gasteiger charge is 2.35. The summed E-state index contributed by atoms with van der Waals surface area (Å²) in [4.78, 5) is 2.08. The molecule has 1 fully saturated rings. The Morgan fingerprint density at radius 1 is 1.41 bits per heavy atom. The van der Waals surface area contributed by atoms with Gasteiger partial charge in [0.25, 0.3) is 0 Å². The molecule has 17 heavy (non-hydrogen) atoms. The van der Waals surface area contributed by atoms with E-state index in [1.165, 1.54) is 7.05 Å². The summed E-state index contributed by atoms with van der Waals surface area (Å²) in [7, 11) is 3.40. The van der Waals surface area contributed by atoms with Gasteiger partial charge in [-0.2, -0.15) is 18.3 Å². The lowest BCUT2D eigenvalue weighted by Crippen LogP contribution is -2.22. The van der Waals surface area contributed by atoms with Crippen molar-refractivity contribution >= 4 is 0 Å². The van der Waals surface area contributed by atoms with Crippen LogP contribution in [-0.2, 0) is 13.2 Å². The van der Waals surface area contributed by atoms with Gasteiger partial charge in [-0.05, 0) is 13.5 Å². The third-order valence-corrected chi connectivity index (χ3v) is 2.76. The van der Waals surface area contributed by atoms with Crippen LogP contribution in [0.1, 0.15) is 12.1 Å². The summed E-state index contributed by atoms with van der Waals surface area (Å²) in [6, 6.07) is 0.943. The second-order valence-corrected chi connectivity index (χ2v) is 4.28. The molecule has 0 N–H and O–H groups in total. The van der Waals surface area contributed by atoms with Gasteiger partial charge in [-0.1, -0.05) is 0 Å². The number of rotatable bonds is 2. The fourth-order valence-electron chi connectivity index (χ4n) is 1.86. The van der Waals surface area contributed by atoms with Gasteiger partial charge in [0.1, 0.15) is 6.10 Å². The van der Waals surface area contributed by atoms with Gasteiger partial charge in [0.05, 0.1) is 0 Å². The third kappa shape index (κ3) is 2.71. The van der Waals surface area contributed by atoms with Crippen LogP contribution in [0.4, 0.5) is 13.2 Å². The van der Waals surface area contributed by atoms with E-state index in [0.717, 1.165) is 30.3 Å². The average Bonchev–Trinajstić information content (AvgIpc) is 2.74. The summed E-state index contributed by atoms with van der Waals surface area (Å²) in [5, 5.41) is 3.40. The number of halogens is 3. The van der Waals surface area contributed by atoms with E-state index in [2.05, 4.69) is 10.00 Å². The Kier molecular flexibility index (Phi) is 3.03. The van der Waals surface area contributed by atoms with Crippen molar-refractivity contribution in [3.63, 3.8) is 0 Å². The lowest BCUT2D eigenvalue weighted by atomic mass is 10.3. The van der Waals surface area contributed by atoms with E-state index in [9.17, 15) is 13.2 Å². The van der Waals surface area contributed by atoms with E-state index in [1.807, 2.05) is 7.05 Å². The summed E-state index contributed by atoms with van der Waals surface area (Å²) in [5.41, 5.74) is -0.915. The van der Waals surface area contributed by atoms with Gasteiger partial charge >= 0.3 is 6.18 Å². The molecule has 0 aromatic carbocycles. The molecule has 1 saturated heterocycles. The first kappa shape index (κ1) is 12.2. The van der Waals surface area contributed by atoms with Gasteiger partial charge in [-0.3, -0.25) is 0 Å². The number of aryl methyl sites for hydroxylation is 1. The van der Waals surface area contributed by atoms with E-state index >= 15 is 0 Å². The van der Waals surface area contributed by atoms with E-state index in [4.69, 9.17) is 4.74 Å². The quantitative estimate of drug-likeness (QED) is 0.796. The highest BCUT2D eigenvalue weighted by molar-refractivity contribution is 5.18. The lowest BCUT2D eigenvalue weighted by molar-refractivity contribution is -0.141. The number of nitrogens with zero attached hydrogens (tertiary/aromatic N) is 3. The Labute approximate surface area is 97.0 Å². The number of hydrogen-bond acceptors (Lipinski definition) is 3. The third-order valence-electron chi connectivity index (χ3n) is 2.76. The van der Waals surface area contributed by atoms with Crippen molar-refractivity contribution in [2.75, 3.05) is 20.1 Å². The highest BCUT2D eigenvalue weighted by atomic mass is 19.4. The molecule has 4 nitrogen and oxygen atoms in total. The molecule has 1 aromatic heterocycles. The largest absolute Gasteiger partial charge is 0.473 e. The van der Waals surface area contributed by atoms with Gasteiger partial charge in [0, 0.05) is 26.2 Å². The first-order valence-corrected chi connectivity index (χ1v) is 5.32. The van der Waals surface area contributed by atoms with Crippen LogP contribution >= 0.6 is 0 Å². The molecule has 1 atom stereocenters. The molecule has 0 saturated carbocycles. The maximum atomic E-state index is 12.4. The Morgan fingerprint density at radius 2 is 2.12 bits per heavy atom. The van der Waals surface area contributed by atoms with E-state index in [-0.39, 0.29) is 12.0 Å². The zero-order valence-corrected chi connectivity index (χ0v) is 9.66. The van der Waals surface area contributed by atoms with Gasteiger partial charge in [0.15, 0.2) is 5.69 Å². The topological polar surface area (TPSA) is 30.3 Å². The minimum atomic E-state index is -4.42. The Bertz CT molecular complexity index is 402. The minimum absolute atomic E-state index is 0.0588. The molecule has 2 rings (SSSR count). The highest BCUT2D eigenvalue weighted by Crippen LogP contribution is 2.31. The zero-order valence-electron chi connectivity index (χ0n) is 9.66. The van der Waals surface area contributed by atoms with Gasteiger partial charge < -0.3 is 9.64 Å². The van der Waals surface area contributed by atoms with Crippen LogP contribution in [0, 0.1) is 0 Å². The predicted octanol–water partition coefficient (Wildman–Crippen LogP) is 1.52. The molecule has 2 heterocycles. The van der Waals surface area contributed by atoms with Crippen LogP contribution in [0.2, 0.25) is 0 Å². The average molecular weight is 249 g/mol. The van der Waals surface area contributed by atoms with Gasteiger partial charge in [-0.25, -0.2) is 4.68 Å². The maximum Gasteiger partial charge on any atom is 0.435 e. The lowest BCUT2D eigenvalue weighted by Gasteiger charge is -2.12. The van der Waals surface area contributed by atoms with E-state index in [0.29, 0.717) is 0 Å². The molecular weight excluding hydrogens is 235 g/mol. The van der Waals surface area contributed by atoms with Crippen molar-refractivity contribution in [3.05, 3.63) is 11.8 Å². The van der Waals surface area contributed by atoms with Crippen molar-refractivity contribution < 1.29 is 17.9 Å². The maximum absolute atomic E-state index is 12.4. The summed E-state index contributed by atoms with van der Waals surface area (Å²) >= 11 is 0. The second-order valence-electron chi connectivity index (χ2n) is 4.28. The van der Waals surface area contributed by atoms with Gasteiger partial charge in [0.2, 0.25) is 5.88 Å². The number of likely N-dealkylation sites (tertiary alicyclic amines) is 1. The summed E-state index contributed by atoms with van der Waals surface area (Å²) in [5.74, 6) is 0.164. The first-order valence-electron chi connectivity index (χ1n) is 5.32. The van der Waals surface area contributed by atoms with Gasteiger partial charge in [-0.15, -0.1) is 0 Å². The Hall–Kier alpha value is -1.24. The van der Waals surface area contributed by atoms with E-state index in [1.54, 1.807) is 0 Å². The zero-order chi connectivity index (χ0) is 12.6. The molecule has 7 heteroatoms. The molecule has 0 aliphatic carbocycles. The molecule has 96 valence electrons. The Morgan fingerprint density at radius 3 is 2.59 bits per heavy atom. The fourth-order valence-corrected chi connectivity index (χ4v) is 1.86. The molecule has 0 amide bonds. The number of alkyl halides is 3. The smallest absolute Gasteiger partial charge is 0.435 e. The van der Waals surface area contributed by atoms with Crippen LogP contribution in [0.5, 0.6) is 5.88 Å². The standard InChI is InChI=1S/C10H14F3N3O/c1-15-4-3-7(6-15)17-9-5-8(10(11,12)13)14-16(9)2/h5,7H,3-4,6H2,1-2H3. The molecule has 0 radical (unpaired) electrons. The number of hydrogen-bond donors (Lipinski definition) is 0. The SMILES string of the molecule is CN1CCC(Oc2cc(C(F)(F)F)nn2C)C1. The van der Waals surface area contributed by atoms with Crippen LogP contribution in [0.15, 0.2) is 6.07 Å². The van der Waals surface area contributed by atoms with Crippen LogP contribution in [-0.4, -0.2) is 40.9 Å². The van der Waals surface area contributed by atoms with Crippen LogP contribution in [0.3, 0.4) is 0 Å². The summed E-state index contributed by atoms with van der Waals surface area (Å²) < 4.78 is 43.9. The number of ether oxygens (including phenoxy) is 1. The molecular formula is C10H14F3N3O. The van der Waals surface area contributed by atoms with Crippen molar-refractivity contribution in [2.24, 2.45) is 7.05 Å². The fraction of sp³-hybridized carbons (Fsp3) is 0.700. The molecule has 0 spiro atoms. The molecule has 1 aromatic rings. The number of likely N-dealkylation sites (N-methyl/N-ethyl adjacent to an activating group) is 1. The second kappa shape index (κ2) is 4.21. The monoisotopic (exact) mass is 249 g/mol. The summed E-state index contributed by atoms with van der Waals surface area (Å²) in [6.45, 7) is 1.63. The first-order chi connectivity index (χ1) is 7.86. The predicted molar refractivity (Wildman–Crippen MR) is 54.7 cm³/mol. The van der Waals surface area contributed by atoms with Crippen molar-refractivity contribution in [1.82, 2.24) is 14.7 Å². The minimum Gasteiger partial charge on any atom is -0.473 e. The molecule has 1 aliphatic rings. The van der Waals surface area contributed by atoms with Crippen molar-refractivity contribution in [3.8, 4) is 5.88 Å². The molecule has 1 unspecified atom stereocenters. The van der Waals surface area contributed by atoms with Crippen LogP contribution in [0.25, 0.3) is 0 Å². The van der Waals surface area contributed by atoms with Crippen molar-refractivity contribution in [2.45, 2.75) is 18.7 Å². The Balaban J connectivity index is 2.09. The summed E-state index contributed by atoms with van der Waals surface area (Å²) in [6.07, 6.45) is -3.66. The number of aromatic nitrogens is 2. The normalized spacial score (nSPS) is 22.1. The van der Waals surface area contributed by atoms with Crippen molar-refractivity contribution in [1.29, 1.82) is 0 Å². The molecule has 0 bridgehead atoms. The molecule has 1 aliphatic heterocycles. The van der Waals surface area contributed by atoms with E-state index < -0.39 is 11.9 Å². The van der Waals surface area contributed by atoms with Crippen LogP contribution < -0.4 is 4.74 Å².